The summed E-state index contributed by atoms with van der Waals surface area (Å²) in [6, 6.07) is 11.9. The van der Waals surface area contributed by atoms with Gasteiger partial charge in [0, 0.05) is 37.0 Å². The van der Waals surface area contributed by atoms with E-state index in [1.165, 1.54) is 11.8 Å². The molecule has 3 aromatic rings. The maximum atomic E-state index is 13.0. The van der Waals surface area contributed by atoms with E-state index in [0.29, 0.717) is 23.8 Å². The molecule has 1 saturated heterocycles. The standard InChI is InChI=1S/C20H19N3O2/c1-14-4-6-15(7-5-14)19-18(12-22-25-19)20(24)23-10-8-17(13-23)16-3-2-9-21-11-16/h2-7,9,11-12,17H,8,10,13H2,1H3. The Hall–Kier alpha value is -2.95. The molecule has 0 radical (unpaired) electrons. The summed E-state index contributed by atoms with van der Waals surface area (Å²) in [7, 11) is 0. The molecule has 5 nitrogen and oxygen atoms in total. The van der Waals surface area contributed by atoms with Crippen LogP contribution < -0.4 is 0 Å². The molecule has 1 atom stereocenters. The highest BCUT2D eigenvalue weighted by molar-refractivity contribution is 5.99. The third kappa shape index (κ3) is 3.05. The highest BCUT2D eigenvalue weighted by Crippen LogP contribution is 2.30. The Balaban J connectivity index is 1.55. The van der Waals surface area contributed by atoms with Gasteiger partial charge in [-0.3, -0.25) is 9.78 Å². The van der Waals surface area contributed by atoms with E-state index >= 15 is 0 Å². The average molecular weight is 333 g/mol. The lowest BCUT2D eigenvalue weighted by atomic mass is 10.0. The highest BCUT2D eigenvalue weighted by atomic mass is 16.5. The van der Waals surface area contributed by atoms with Gasteiger partial charge in [-0.25, -0.2) is 0 Å². The van der Waals surface area contributed by atoms with Crippen LogP contribution in [0.15, 0.2) is 59.5 Å². The van der Waals surface area contributed by atoms with Crippen LogP contribution in [0.25, 0.3) is 11.3 Å². The van der Waals surface area contributed by atoms with Gasteiger partial charge in [0.05, 0.1) is 6.20 Å². The second-order valence-corrected chi connectivity index (χ2v) is 6.46. The smallest absolute Gasteiger partial charge is 0.259 e. The van der Waals surface area contributed by atoms with Crippen LogP contribution in [0.1, 0.15) is 33.8 Å². The fourth-order valence-electron chi connectivity index (χ4n) is 3.31. The minimum Gasteiger partial charge on any atom is -0.355 e. The minimum absolute atomic E-state index is 0.0248. The predicted molar refractivity (Wildman–Crippen MR) is 94.2 cm³/mol. The van der Waals surface area contributed by atoms with Gasteiger partial charge in [0.25, 0.3) is 5.91 Å². The van der Waals surface area contributed by atoms with Gasteiger partial charge in [0.15, 0.2) is 5.76 Å². The quantitative estimate of drug-likeness (QED) is 0.734. The number of carbonyl (C=O) groups excluding carboxylic acids is 1. The molecule has 2 aromatic heterocycles. The molecule has 1 unspecified atom stereocenters. The Morgan fingerprint density at radius 1 is 1.20 bits per heavy atom. The first kappa shape index (κ1) is 15.6. The number of likely N-dealkylation sites (tertiary alicyclic amines) is 1. The summed E-state index contributed by atoms with van der Waals surface area (Å²) in [6.45, 7) is 3.46. The molecule has 3 heterocycles. The number of hydrogen-bond acceptors (Lipinski definition) is 4. The number of nitrogens with zero attached hydrogens (tertiary/aromatic N) is 3. The summed E-state index contributed by atoms with van der Waals surface area (Å²) in [6.07, 6.45) is 6.12. The van der Waals surface area contributed by atoms with Crippen molar-refractivity contribution in [3.8, 4) is 11.3 Å². The molecule has 0 spiro atoms. The lowest BCUT2D eigenvalue weighted by Crippen LogP contribution is -2.28. The fourth-order valence-corrected chi connectivity index (χ4v) is 3.31. The van der Waals surface area contributed by atoms with Crippen LogP contribution in [0.3, 0.4) is 0 Å². The molecule has 1 aromatic carbocycles. The summed E-state index contributed by atoms with van der Waals surface area (Å²) in [4.78, 5) is 19.0. The van der Waals surface area contributed by atoms with Gasteiger partial charge in [-0.1, -0.05) is 41.1 Å². The van der Waals surface area contributed by atoms with E-state index in [-0.39, 0.29) is 5.91 Å². The molecule has 0 saturated carbocycles. The van der Waals surface area contributed by atoms with Crippen molar-refractivity contribution >= 4 is 5.91 Å². The van der Waals surface area contributed by atoms with Crippen molar-refractivity contribution < 1.29 is 9.32 Å². The van der Waals surface area contributed by atoms with E-state index in [1.807, 2.05) is 48.4 Å². The summed E-state index contributed by atoms with van der Waals surface area (Å²) < 4.78 is 5.38. The maximum absolute atomic E-state index is 13.0. The Kier molecular flexibility index (Phi) is 4.06. The van der Waals surface area contributed by atoms with Gasteiger partial charge in [0.1, 0.15) is 5.56 Å². The summed E-state index contributed by atoms with van der Waals surface area (Å²) >= 11 is 0. The van der Waals surface area contributed by atoms with E-state index < -0.39 is 0 Å². The maximum Gasteiger partial charge on any atom is 0.259 e. The van der Waals surface area contributed by atoms with Gasteiger partial charge in [-0.05, 0) is 25.0 Å². The summed E-state index contributed by atoms with van der Waals surface area (Å²) in [5.41, 5.74) is 3.74. The molecule has 0 bridgehead atoms. The number of carbonyl (C=O) groups is 1. The summed E-state index contributed by atoms with van der Waals surface area (Å²) in [5.74, 6) is 0.846. The van der Waals surface area contributed by atoms with Crippen LogP contribution in [0.4, 0.5) is 0 Å². The molecule has 1 aliphatic rings. The zero-order chi connectivity index (χ0) is 17.2. The third-order valence-corrected chi connectivity index (χ3v) is 4.75. The zero-order valence-corrected chi connectivity index (χ0v) is 14.1. The summed E-state index contributed by atoms with van der Waals surface area (Å²) in [5, 5.41) is 3.86. The first-order valence-corrected chi connectivity index (χ1v) is 8.43. The number of rotatable bonds is 3. The first-order valence-electron chi connectivity index (χ1n) is 8.43. The average Bonchev–Trinajstić information content (AvgIpc) is 3.32. The molecular formula is C20H19N3O2. The normalized spacial score (nSPS) is 17.0. The Morgan fingerprint density at radius 3 is 2.80 bits per heavy atom. The monoisotopic (exact) mass is 333 g/mol. The van der Waals surface area contributed by atoms with Crippen LogP contribution in [-0.2, 0) is 0 Å². The number of amides is 1. The molecule has 4 rings (SSSR count). The van der Waals surface area contributed by atoms with E-state index in [0.717, 1.165) is 24.1 Å². The molecule has 1 aliphatic heterocycles. The SMILES string of the molecule is Cc1ccc(-c2oncc2C(=O)N2CCC(c3cccnc3)C2)cc1. The molecule has 1 fully saturated rings. The van der Waals surface area contributed by atoms with Crippen molar-refractivity contribution in [3.63, 3.8) is 0 Å². The van der Waals surface area contributed by atoms with Crippen molar-refractivity contribution in [2.75, 3.05) is 13.1 Å². The molecule has 0 aliphatic carbocycles. The van der Waals surface area contributed by atoms with Crippen molar-refractivity contribution in [2.45, 2.75) is 19.3 Å². The lowest BCUT2D eigenvalue weighted by Gasteiger charge is -2.16. The van der Waals surface area contributed by atoms with Gasteiger partial charge in [0.2, 0.25) is 0 Å². The van der Waals surface area contributed by atoms with E-state index in [1.54, 1.807) is 6.20 Å². The van der Waals surface area contributed by atoms with Crippen LogP contribution in [0, 0.1) is 6.92 Å². The van der Waals surface area contributed by atoms with Gasteiger partial charge < -0.3 is 9.42 Å². The van der Waals surface area contributed by atoms with E-state index in [2.05, 4.69) is 16.2 Å². The molecule has 126 valence electrons. The van der Waals surface area contributed by atoms with Crippen LogP contribution in [0.5, 0.6) is 0 Å². The molecule has 0 N–H and O–H groups in total. The Bertz CT molecular complexity index is 871. The first-order chi connectivity index (χ1) is 12.2. The predicted octanol–water partition coefficient (Wildman–Crippen LogP) is 3.67. The van der Waals surface area contributed by atoms with Crippen LogP contribution >= 0.6 is 0 Å². The number of aromatic nitrogens is 2. The van der Waals surface area contributed by atoms with Crippen LogP contribution in [-0.4, -0.2) is 34.0 Å². The van der Waals surface area contributed by atoms with Gasteiger partial charge in [-0.2, -0.15) is 0 Å². The molecule has 25 heavy (non-hydrogen) atoms. The topological polar surface area (TPSA) is 59.2 Å². The fraction of sp³-hybridized carbons (Fsp3) is 0.250. The molecular weight excluding hydrogens is 314 g/mol. The second kappa shape index (κ2) is 6.51. The number of benzene rings is 1. The minimum atomic E-state index is -0.0248. The third-order valence-electron chi connectivity index (χ3n) is 4.75. The van der Waals surface area contributed by atoms with E-state index in [4.69, 9.17) is 4.52 Å². The Labute approximate surface area is 146 Å². The van der Waals surface area contributed by atoms with Gasteiger partial charge in [-0.15, -0.1) is 0 Å². The number of pyridine rings is 1. The molecule has 1 amide bonds. The van der Waals surface area contributed by atoms with E-state index in [9.17, 15) is 4.79 Å². The van der Waals surface area contributed by atoms with Gasteiger partial charge >= 0.3 is 0 Å². The number of aryl methyl sites for hydroxylation is 1. The van der Waals surface area contributed by atoms with Crippen molar-refractivity contribution in [3.05, 3.63) is 71.7 Å². The largest absolute Gasteiger partial charge is 0.355 e. The highest BCUT2D eigenvalue weighted by Gasteiger charge is 2.30. The number of hydrogen-bond donors (Lipinski definition) is 0. The second-order valence-electron chi connectivity index (χ2n) is 6.46. The lowest BCUT2D eigenvalue weighted by molar-refractivity contribution is 0.0791. The Morgan fingerprint density at radius 2 is 2.04 bits per heavy atom. The van der Waals surface area contributed by atoms with Crippen molar-refractivity contribution in [1.29, 1.82) is 0 Å². The zero-order valence-electron chi connectivity index (χ0n) is 14.1. The van der Waals surface area contributed by atoms with Crippen molar-refractivity contribution in [1.82, 2.24) is 15.0 Å². The van der Waals surface area contributed by atoms with Crippen LogP contribution in [0.2, 0.25) is 0 Å². The van der Waals surface area contributed by atoms with Crippen molar-refractivity contribution in [2.24, 2.45) is 0 Å². The molecule has 5 heteroatoms.